The summed E-state index contributed by atoms with van der Waals surface area (Å²) in [6.45, 7) is 8.60. The number of thiocarbonyl (C=S) groups is 1. The monoisotopic (exact) mass is 424 g/mol. The standard InChI is InChI=1S/C24H29FN4S/c1-18(2)22-10-4-7-19(3)23(22)27-24(30)29(13-6-12-28-14-11-26-17-28)16-20-8-5-9-21(25)15-20/h4-5,7-11,14-15,17-18H,6,12-13,16H2,1-3H3,(H,27,30). The molecule has 0 amide bonds. The first-order chi connectivity index (χ1) is 14.4. The third kappa shape index (κ3) is 5.89. The van der Waals surface area contributed by atoms with Crippen molar-refractivity contribution in [3.05, 3.63) is 83.7 Å². The lowest BCUT2D eigenvalue weighted by Crippen LogP contribution is -2.36. The van der Waals surface area contributed by atoms with Crippen LogP contribution in [0.3, 0.4) is 0 Å². The molecule has 0 radical (unpaired) electrons. The summed E-state index contributed by atoms with van der Waals surface area (Å²) in [6.07, 6.45) is 6.45. The van der Waals surface area contributed by atoms with Crippen LogP contribution in [0.5, 0.6) is 0 Å². The molecule has 0 saturated carbocycles. The number of imidazole rings is 1. The van der Waals surface area contributed by atoms with E-state index in [4.69, 9.17) is 12.2 Å². The van der Waals surface area contributed by atoms with Gasteiger partial charge in [-0.1, -0.05) is 44.2 Å². The van der Waals surface area contributed by atoms with Gasteiger partial charge in [0.25, 0.3) is 0 Å². The maximum atomic E-state index is 13.7. The van der Waals surface area contributed by atoms with E-state index in [0.717, 1.165) is 36.3 Å². The minimum absolute atomic E-state index is 0.231. The average molecular weight is 425 g/mol. The Balaban J connectivity index is 1.77. The molecule has 0 aliphatic rings. The molecule has 3 rings (SSSR count). The molecule has 6 heteroatoms. The Bertz CT molecular complexity index is 969. The smallest absolute Gasteiger partial charge is 0.173 e. The van der Waals surface area contributed by atoms with E-state index in [0.29, 0.717) is 17.6 Å². The van der Waals surface area contributed by atoms with Crippen LogP contribution in [0.25, 0.3) is 0 Å². The van der Waals surface area contributed by atoms with E-state index in [1.165, 1.54) is 11.6 Å². The highest BCUT2D eigenvalue weighted by Crippen LogP contribution is 2.28. The number of nitrogens with zero attached hydrogens (tertiary/aromatic N) is 3. The zero-order valence-corrected chi connectivity index (χ0v) is 18.6. The van der Waals surface area contributed by atoms with Crippen molar-refractivity contribution in [1.29, 1.82) is 0 Å². The van der Waals surface area contributed by atoms with Crippen LogP contribution in [0.4, 0.5) is 10.1 Å². The van der Waals surface area contributed by atoms with Crippen LogP contribution in [-0.2, 0) is 13.1 Å². The van der Waals surface area contributed by atoms with Crippen LogP contribution >= 0.6 is 12.2 Å². The molecule has 0 saturated heterocycles. The van der Waals surface area contributed by atoms with Crippen molar-refractivity contribution in [2.45, 2.75) is 46.2 Å². The Morgan fingerprint density at radius 2 is 2.03 bits per heavy atom. The second kappa shape index (κ2) is 10.3. The van der Waals surface area contributed by atoms with Gasteiger partial charge in [0.15, 0.2) is 5.11 Å². The number of benzene rings is 2. The maximum Gasteiger partial charge on any atom is 0.173 e. The van der Waals surface area contributed by atoms with E-state index in [1.807, 2.05) is 18.6 Å². The topological polar surface area (TPSA) is 33.1 Å². The fourth-order valence-corrected chi connectivity index (χ4v) is 3.76. The van der Waals surface area contributed by atoms with E-state index in [2.05, 4.69) is 58.7 Å². The van der Waals surface area contributed by atoms with E-state index < -0.39 is 0 Å². The van der Waals surface area contributed by atoms with Gasteiger partial charge < -0.3 is 14.8 Å². The SMILES string of the molecule is Cc1cccc(C(C)C)c1NC(=S)N(CCCn1ccnc1)Cc1cccc(F)c1. The molecule has 0 atom stereocenters. The lowest BCUT2D eigenvalue weighted by molar-refractivity contribution is 0.395. The summed E-state index contributed by atoms with van der Waals surface area (Å²) in [4.78, 5) is 6.20. The molecular formula is C24H29FN4S. The van der Waals surface area contributed by atoms with Gasteiger partial charge in [0.2, 0.25) is 0 Å². The molecule has 0 aliphatic carbocycles. The number of para-hydroxylation sites is 1. The quantitative estimate of drug-likeness (QED) is 0.467. The van der Waals surface area contributed by atoms with Gasteiger partial charge in [0.1, 0.15) is 5.82 Å². The summed E-state index contributed by atoms with van der Waals surface area (Å²) in [5, 5.41) is 4.14. The summed E-state index contributed by atoms with van der Waals surface area (Å²) >= 11 is 5.81. The molecule has 2 aromatic carbocycles. The van der Waals surface area contributed by atoms with Gasteiger partial charge in [-0.2, -0.15) is 0 Å². The van der Waals surface area contributed by atoms with Crippen molar-refractivity contribution < 1.29 is 4.39 Å². The van der Waals surface area contributed by atoms with Crippen molar-refractivity contribution in [1.82, 2.24) is 14.5 Å². The van der Waals surface area contributed by atoms with Crippen molar-refractivity contribution in [2.24, 2.45) is 0 Å². The second-order valence-electron chi connectivity index (χ2n) is 7.83. The van der Waals surface area contributed by atoms with Gasteiger partial charge in [-0.15, -0.1) is 0 Å². The lowest BCUT2D eigenvalue weighted by Gasteiger charge is -2.28. The van der Waals surface area contributed by atoms with Gasteiger partial charge in [-0.3, -0.25) is 0 Å². The molecule has 4 nitrogen and oxygen atoms in total. The predicted octanol–water partition coefficient (Wildman–Crippen LogP) is 5.74. The number of aromatic nitrogens is 2. The lowest BCUT2D eigenvalue weighted by atomic mass is 9.98. The van der Waals surface area contributed by atoms with Gasteiger partial charge in [-0.05, 0) is 60.3 Å². The number of hydrogen-bond acceptors (Lipinski definition) is 2. The normalized spacial score (nSPS) is 11.0. The van der Waals surface area contributed by atoms with Crippen LogP contribution in [-0.4, -0.2) is 26.1 Å². The molecule has 0 fully saturated rings. The molecule has 0 unspecified atom stereocenters. The van der Waals surface area contributed by atoms with Crippen molar-refractivity contribution in [3.8, 4) is 0 Å². The number of hydrogen-bond donors (Lipinski definition) is 1. The minimum atomic E-state index is -0.231. The fourth-order valence-electron chi connectivity index (χ4n) is 3.50. The summed E-state index contributed by atoms with van der Waals surface area (Å²) in [7, 11) is 0. The number of nitrogens with one attached hydrogen (secondary N) is 1. The summed E-state index contributed by atoms with van der Waals surface area (Å²) in [5.41, 5.74) is 4.36. The van der Waals surface area contributed by atoms with Gasteiger partial charge in [0.05, 0.1) is 6.33 Å². The van der Waals surface area contributed by atoms with Crippen molar-refractivity contribution in [3.63, 3.8) is 0 Å². The van der Waals surface area contributed by atoms with E-state index in [1.54, 1.807) is 18.3 Å². The Labute approximate surface area is 183 Å². The Hall–Kier alpha value is -2.73. The first kappa shape index (κ1) is 22.0. The first-order valence-electron chi connectivity index (χ1n) is 10.3. The molecule has 0 spiro atoms. The number of halogens is 1. The third-order valence-electron chi connectivity index (χ3n) is 5.11. The fraction of sp³-hybridized carbons (Fsp3) is 0.333. The molecular weight excluding hydrogens is 395 g/mol. The van der Waals surface area contributed by atoms with Crippen molar-refractivity contribution >= 4 is 23.0 Å². The molecule has 1 heterocycles. The van der Waals surface area contributed by atoms with E-state index in [-0.39, 0.29) is 5.82 Å². The molecule has 0 aliphatic heterocycles. The highest BCUT2D eigenvalue weighted by Gasteiger charge is 2.15. The molecule has 158 valence electrons. The average Bonchev–Trinajstić information content (AvgIpc) is 3.22. The van der Waals surface area contributed by atoms with Gasteiger partial charge >= 0.3 is 0 Å². The first-order valence-corrected chi connectivity index (χ1v) is 10.7. The van der Waals surface area contributed by atoms with E-state index in [9.17, 15) is 4.39 Å². The summed E-state index contributed by atoms with van der Waals surface area (Å²) in [5.74, 6) is 0.152. The highest BCUT2D eigenvalue weighted by atomic mass is 32.1. The second-order valence-corrected chi connectivity index (χ2v) is 8.22. The largest absolute Gasteiger partial charge is 0.345 e. The molecule has 1 N–H and O–H groups in total. The predicted molar refractivity (Wildman–Crippen MR) is 125 cm³/mol. The Kier molecular flexibility index (Phi) is 7.57. The Morgan fingerprint density at radius 3 is 2.73 bits per heavy atom. The molecule has 3 aromatic rings. The van der Waals surface area contributed by atoms with Crippen LogP contribution in [0.15, 0.2) is 61.2 Å². The summed E-state index contributed by atoms with van der Waals surface area (Å²) in [6, 6.07) is 13.0. The minimum Gasteiger partial charge on any atom is -0.345 e. The van der Waals surface area contributed by atoms with Crippen LogP contribution in [0.2, 0.25) is 0 Å². The molecule has 1 aromatic heterocycles. The van der Waals surface area contributed by atoms with Crippen LogP contribution in [0, 0.1) is 12.7 Å². The van der Waals surface area contributed by atoms with E-state index >= 15 is 0 Å². The number of anilines is 1. The van der Waals surface area contributed by atoms with Crippen LogP contribution in [0.1, 0.15) is 42.9 Å². The number of aryl methyl sites for hydroxylation is 2. The van der Waals surface area contributed by atoms with Gasteiger partial charge in [-0.25, -0.2) is 9.37 Å². The van der Waals surface area contributed by atoms with Gasteiger partial charge in [0, 0.05) is 37.7 Å². The highest BCUT2D eigenvalue weighted by molar-refractivity contribution is 7.80. The molecule has 0 bridgehead atoms. The zero-order chi connectivity index (χ0) is 21.5. The third-order valence-corrected chi connectivity index (χ3v) is 5.47. The summed E-state index contributed by atoms with van der Waals surface area (Å²) < 4.78 is 15.8. The maximum absolute atomic E-state index is 13.7. The zero-order valence-electron chi connectivity index (χ0n) is 17.8. The van der Waals surface area contributed by atoms with Crippen molar-refractivity contribution in [2.75, 3.05) is 11.9 Å². The number of rotatable bonds is 8. The van der Waals surface area contributed by atoms with Crippen LogP contribution < -0.4 is 5.32 Å². The Morgan fingerprint density at radius 1 is 1.23 bits per heavy atom. The molecule has 30 heavy (non-hydrogen) atoms.